The molecular weight excluding hydrogens is 282 g/mol. The maximum atomic E-state index is 12.7. The van der Waals surface area contributed by atoms with Gasteiger partial charge in [-0.25, -0.2) is 0 Å². The van der Waals surface area contributed by atoms with Crippen LogP contribution in [0.4, 0.5) is 5.69 Å². The Balaban J connectivity index is 2.17. The van der Waals surface area contributed by atoms with Crippen molar-refractivity contribution in [2.75, 3.05) is 5.32 Å². The van der Waals surface area contributed by atoms with Crippen molar-refractivity contribution in [3.63, 3.8) is 0 Å². The monoisotopic (exact) mass is 307 g/mol. The lowest BCUT2D eigenvalue weighted by Crippen LogP contribution is -2.31. The largest absolute Gasteiger partial charge is 0.326 e. The van der Waals surface area contributed by atoms with Gasteiger partial charge < -0.3 is 5.32 Å². The molecule has 1 amide bonds. The Morgan fingerprint density at radius 3 is 2.17 bits per heavy atom. The van der Waals surface area contributed by atoms with Crippen molar-refractivity contribution < 1.29 is 4.79 Å². The predicted octanol–water partition coefficient (Wildman–Crippen LogP) is 5.31. The fourth-order valence-electron chi connectivity index (χ4n) is 2.40. The molecule has 0 saturated carbocycles. The van der Waals surface area contributed by atoms with E-state index < -0.39 is 0 Å². The first kappa shape index (κ1) is 17.0. The summed E-state index contributed by atoms with van der Waals surface area (Å²) in [5.74, 6) is -0.184. The van der Waals surface area contributed by atoms with Gasteiger partial charge in [-0.05, 0) is 30.0 Å². The molecule has 0 aliphatic rings. The molecule has 2 nitrogen and oxygen atoms in total. The van der Waals surface area contributed by atoms with Gasteiger partial charge in [0.2, 0.25) is 5.91 Å². The highest BCUT2D eigenvalue weighted by molar-refractivity contribution is 5.94. The van der Waals surface area contributed by atoms with E-state index in [4.69, 9.17) is 0 Å². The summed E-state index contributed by atoms with van der Waals surface area (Å²) in [6.07, 6.45) is 4.03. The minimum atomic E-state index is -0.205. The van der Waals surface area contributed by atoms with Crippen LogP contribution in [0, 0.1) is 18.3 Å². The number of anilines is 1. The quantitative estimate of drug-likeness (QED) is 0.815. The molecule has 0 aliphatic carbocycles. The summed E-state index contributed by atoms with van der Waals surface area (Å²) in [7, 11) is 0. The minimum absolute atomic E-state index is 0.0204. The average molecular weight is 307 g/mol. The van der Waals surface area contributed by atoms with Crippen LogP contribution in [0.1, 0.15) is 31.9 Å². The number of carbonyl (C=O) groups excluding carboxylic acids is 1. The molecule has 0 aliphatic heterocycles. The number of amides is 1. The van der Waals surface area contributed by atoms with Crippen LogP contribution in [0.2, 0.25) is 0 Å². The van der Waals surface area contributed by atoms with E-state index in [1.807, 2.05) is 42.5 Å². The van der Waals surface area contributed by atoms with Gasteiger partial charge in [-0.2, -0.15) is 0 Å². The molecule has 0 saturated heterocycles. The number of benzene rings is 2. The maximum absolute atomic E-state index is 12.7. The van der Waals surface area contributed by atoms with Crippen molar-refractivity contribution in [2.24, 2.45) is 11.3 Å². The molecule has 2 rings (SSSR count). The fourth-order valence-corrected chi connectivity index (χ4v) is 2.40. The Kier molecular flexibility index (Phi) is 5.38. The summed E-state index contributed by atoms with van der Waals surface area (Å²) in [5.41, 5.74) is 3.02. The first-order valence-corrected chi connectivity index (χ1v) is 7.97. The van der Waals surface area contributed by atoms with E-state index in [1.165, 1.54) is 5.56 Å². The Morgan fingerprint density at radius 1 is 1.00 bits per heavy atom. The summed E-state index contributed by atoms with van der Waals surface area (Å²) < 4.78 is 0. The Bertz CT molecular complexity index is 663. The third-order valence-electron chi connectivity index (χ3n) is 3.82. The van der Waals surface area contributed by atoms with Gasteiger partial charge in [0.15, 0.2) is 0 Å². The number of aryl methyl sites for hydroxylation is 1. The van der Waals surface area contributed by atoms with Crippen molar-refractivity contribution in [3.8, 4) is 0 Å². The summed E-state index contributed by atoms with van der Waals surface area (Å²) in [6.45, 7) is 8.32. The normalized spacial score (nSPS) is 13.0. The number of hydrogen-bond donors (Lipinski definition) is 1. The number of carbonyl (C=O) groups is 1. The van der Waals surface area contributed by atoms with E-state index >= 15 is 0 Å². The zero-order valence-corrected chi connectivity index (χ0v) is 14.3. The van der Waals surface area contributed by atoms with Crippen LogP contribution >= 0.6 is 0 Å². The molecule has 0 heterocycles. The van der Waals surface area contributed by atoms with Crippen LogP contribution in [0.5, 0.6) is 0 Å². The van der Waals surface area contributed by atoms with Crippen LogP contribution in [-0.2, 0) is 4.79 Å². The molecule has 0 spiro atoms. The lowest BCUT2D eigenvalue weighted by atomic mass is 9.79. The second-order valence-electron chi connectivity index (χ2n) is 6.97. The third kappa shape index (κ3) is 5.10. The molecule has 1 N–H and O–H groups in total. The summed E-state index contributed by atoms with van der Waals surface area (Å²) in [6, 6.07) is 17.9. The molecule has 1 unspecified atom stereocenters. The van der Waals surface area contributed by atoms with Gasteiger partial charge in [0.05, 0.1) is 5.92 Å². The van der Waals surface area contributed by atoms with Gasteiger partial charge in [0.1, 0.15) is 0 Å². The molecule has 2 aromatic carbocycles. The molecule has 0 radical (unpaired) electrons. The van der Waals surface area contributed by atoms with E-state index in [0.717, 1.165) is 11.3 Å². The van der Waals surface area contributed by atoms with Crippen LogP contribution in [0.15, 0.2) is 60.7 Å². The van der Waals surface area contributed by atoms with E-state index in [2.05, 4.69) is 57.3 Å². The molecule has 1 atom stereocenters. The Hall–Kier alpha value is -2.35. The van der Waals surface area contributed by atoms with Crippen molar-refractivity contribution >= 4 is 17.7 Å². The third-order valence-corrected chi connectivity index (χ3v) is 3.82. The smallest absolute Gasteiger partial charge is 0.231 e. The first-order valence-electron chi connectivity index (χ1n) is 7.97. The average Bonchev–Trinajstić information content (AvgIpc) is 2.49. The lowest BCUT2D eigenvalue weighted by molar-refractivity contribution is -0.121. The highest BCUT2D eigenvalue weighted by Gasteiger charge is 2.28. The van der Waals surface area contributed by atoms with Crippen molar-refractivity contribution in [2.45, 2.75) is 27.7 Å². The molecule has 0 fully saturated rings. The van der Waals surface area contributed by atoms with Gasteiger partial charge in [-0.3, -0.25) is 4.79 Å². The summed E-state index contributed by atoms with van der Waals surface area (Å²) in [5, 5.41) is 3.00. The number of para-hydroxylation sites is 1. The summed E-state index contributed by atoms with van der Waals surface area (Å²) in [4.78, 5) is 12.7. The van der Waals surface area contributed by atoms with Gasteiger partial charge in [-0.15, -0.1) is 0 Å². The molecule has 120 valence electrons. The lowest BCUT2D eigenvalue weighted by Gasteiger charge is -2.27. The molecular formula is C21H25NO. The molecule has 0 aromatic heterocycles. The van der Waals surface area contributed by atoms with Gasteiger partial charge in [0.25, 0.3) is 0 Å². The minimum Gasteiger partial charge on any atom is -0.326 e. The van der Waals surface area contributed by atoms with E-state index in [-0.39, 0.29) is 17.2 Å². The number of rotatable bonds is 4. The van der Waals surface area contributed by atoms with E-state index in [9.17, 15) is 4.79 Å². The van der Waals surface area contributed by atoms with Crippen molar-refractivity contribution in [1.29, 1.82) is 0 Å². The number of nitrogens with one attached hydrogen (secondary N) is 1. The summed E-state index contributed by atoms with van der Waals surface area (Å²) >= 11 is 0. The molecule has 2 aromatic rings. The van der Waals surface area contributed by atoms with Gasteiger partial charge in [0, 0.05) is 5.69 Å². The maximum Gasteiger partial charge on any atom is 0.231 e. The second kappa shape index (κ2) is 7.28. The van der Waals surface area contributed by atoms with Crippen LogP contribution in [0.25, 0.3) is 6.08 Å². The van der Waals surface area contributed by atoms with E-state index in [1.54, 1.807) is 0 Å². The van der Waals surface area contributed by atoms with Gasteiger partial charge in [-0.1, -0.05) is 81.0 Å². The van der Waals surface area contributed by atoms with Crippen molar-refractivity contribution in [1.82, 2.24) is 0 Å². The highest BCUT2D eigenvalue weighted by atomic mass is 16.1. The van der Waals surface area contributed by atoms with Crippen LogP contribution in [-0.4, -0.2) is 5.91 Å². The van der Waals surface area contributed by atoms with Crippen LogP contribution in [0.3, 0.4) is 0 Å². The van der Waals surface area contributed by atoms with Crippen LogP contribution < -0.4 is 5.32 Å². The standard InChI is InChI=1S/C21H25NO/c1-16-10-12-17(13-11-16)14-15-19(21(2,3)4)20(23)22-18-8-6-5-7-9-18/h5-15,19H,1-4H3,(H,22,23)/b15-14+. The zero-order chi connectivity index (χ0) is 16.9. The molecule has 2 heteroatoms. The number of hydrogen-bond acceptors (Lipinski definition) is 1. The SMILES string of the molecule is Cc1ccc(/C=C/C(C(=O)Nc2ccccc2)C(C)(C)C)cc1. The topological polar surface area (TPSA) is 29.1 Å². The Morgan fingerprint density at radius 2 is 1.61 bits per heavy atom. The molecule has 23 heavy (non-hydrogen) atoms. The second-order valence-corrected chi connectivity index (χ2v) is 6.97. The molecule has 0 bridgehead atoms. The zero-order valence-electron chi connectivity index (χ0n) is 14.3. The highest BCUT2D eigenvalue weighted by Crippen LogP contribution is 2.29. The van der Waals surface area contributed by atoms with Gasteiger partial charge >= 0.3 is 0 Å². The Labute approximate surface area is 139 Å². The fraction of sp³-hybridized carbons (Fsp3) is 0.286. The van der Waals surface area contributed by atoms with Crippen molar-refractivity contribution in [3.05, 3.63) is 71.8 Å². The van der Waals surface area contributed by atoms with E-state index in [0.29, 0.717) is 0 Å². The first-order chi connectivity index (χ1) is 10.9. The predicted molar refractivity (Wildman–Crippen MR) is 98.2 cm³/mol.